The Morgan fingerprint density at radius 1 is 1.00 bits per heavy atom. The van der Waals surface area contributed by atoms with Gasteiger partial charge in [-0.3, -0.25) is 9.69 Å². The fourth-order valence-corrected chi connectivity index (χ4v) is 2.94. The SMILES string of the molecule is Cc1ccc(F)cc1NC(=O)CN1CCN(c2ccc(F)cc2)CC1. The van der Waals surface area contributed by atoms with E-state index in [-0.39, 0.29) is 24.1 Å². The molecular formula is C19H21F2N3O. The predicted octanol–water partition coefficient (Wildman–Crippen LogP) is 3.03. The van der Waals surface area contributed by atoms with E-state index in [4.69, 9.17) is 0 Å². The average molecular weight is 345 g/mol. The van der Waals surface area contributed by atoms with Gasteiger partial charge >= 0.3 is 0 Å². The summed E-state index contributed by atoms with van der Waals surface area (Å²) in [6.45, 7) is 5.14. The molecule has 6 heteroatoms. The molecule has 2 aromatic carbocycles. The van der Waals surface area contributed by atoms with Gasteiger partial charge in [0.2, 0.25) is 5.91 Å². The van der Waals surface area contributed by atoms with Gasteiger partial charge in [-0.05, 0) is 48.9 Å². The zero-order valence-electron chi connectivity index (χ0n) is 14.1. The minimum Gasteiger partial charge on any atom is -0.369 e. The highest BCUT2D eigenvalue weighted by Gasteiger charge is 2.19. The Kier molecular flexibility index (Phi) is 5.28. The molecule has 132 valence electrons. The molecule has 0 atom stereocenters. The van der Waals surface area contributed by atoms with Crippen LogP contribution in [-0.2, 0) is 4.79 Å². The summed E-state index contributed by atoms with van der Waals surface area (Å²) in [5.41, 5.74) is 2.33. The highest BCUT2D eigenvalue weighted by Crippen LogP contribution is 2.18. The van der Waals surface area contributed by atoms with Crippen molar-refractivity contribution in [3.05, 3.63) is 59.7 Å². The molecule has 0 radical (unpaired) electrons. The van der Waals surface area contributed by atoms with Crippen molar-refractivity contribution in [2.45, 2.75) is 6.92 Å². The number of benzene rings is 2. The van der Waals surface area contributed by atoms with E-state index in [0.717, 1.165) is 37.4 Å². The molecule has 1 aliphatic rings. The van der Waals surface area contributed by atoms with Crippen LogP contribution in [0.4, 0.5) is 20.2 Å². The van der Waals surface area contributed by atoms with Gasteiger partial charge in [0.1, 0.15) is 11.6 Å². The smallest absolute Gasteiger partial charge is 0.238 e. The van der Waals surface area contributed by atoms with Gasteiger partial charge in [0.15, 0.2) is 0 Å². The van der Waals surface area contributed by atoms with E-state index >= 15 is 0 Å². The van der Waals surface area contributed by atoms with Gasteiger partial charge in [0.05, 0.1) is 6.54 Å². The third kappa shape index (κ3) is 4.54. The van der Waals surface area contributed by atoms with E-state index in [1.807, 2.05) is 6.92 Å². The number of rotatable bonds is 4. The van der Waals surface area contributed by atoms with Gasteiger partial charge in [-0.15, -0.1) is 0 Å². The third-order valence-electron chi connectivity index (χ3n) is 4.40. The number of amides is 1. The first-order valence-electron chi connectivity index (χ1n) is 8.30. The second kappa shape index (κ2) is 7.61. The van der Waals surface area contributed by atoms with Crippen molar-refractivity contribution in [2.24, 2.45) is 0 Å². The summed E-state index contributed by atoms with van der Waals surface area (Å²) in [4.78, 5) is 16.4. The number of nitrogens with one attached hydrogen (secondary N) is 1. The van der Waals surface area contributed by atoms with Crippen LogP contribution in [0.25, 0.3) is 0 Å². The van der Waals surface area contributed by atoms with Crippen LogP contribution in [-0.4, -0.2) is 43.5 Å². The van der Waals surface area contributed by atoms with Crippen molar-refractivity contribution < 1.29 is 13.6 Å². The Bertz CT molecular complexity index is 741. The van der Waals surface area contributed by atoms with Gasteiger partial charge in [0, 0.05) is 37.6 Å². The minimum absolute atomic E-state index is 0.149. The lowest BCUT2D eigenvalue weighted by Gasteiger charge is -2.35. The molecule has 1 heterocycles. The van der Waals surface area contributed by atoms with Crippen molar-refractivity contribution in [2.75, 3.05) is 42.9 Å². The maximum Gasteiger partial charge on any atom is 0.238 e. The van der Waals surface area contributed by atoms with Crippen LogP contribution in [0.15, 0.2) is 42.5 Å². The monoisotopic (exact) mass is 345 g/mol. The Morgan fingerprint density at radius 3 is 2.32 bits per heavy atom. The van der Waals surface area contributed by atoms with Crippen LogP contribution in [0.3, 0.4) is 0 Å². The number of carbonyl (C=O) groups is 1. The van der Waals surface area contributed by atoms with Gasteiger partial charge in [0.25, 0.3) is 0 Å². The van der Waals surface area contributed by atoms with E-state index in [9.17, 15) is 13.6 Å². The van der Waals surface area contributed by atoms with Crippen molar-refractivity contribution in [3.63, 3.8) is 0 Å². The summed E-state index contributed by atoms with van der Waals surface area (Å²) >= 11 is 0. The zero-order chi connectivity index (χ0) is 17.8. The normalized spacial score (nSPS) is 15.2. The van der Waals surface area contributed by atoms with Gasteiger partial charge in [-0.25, -0.2) is 8.78 Å². The van der Waals surface area contributed by atoms with E-state index in [1.165, 1.54) is 24.3 Å². The molecule has 1 amide bonds. The van der Waals surface area contributed by atoms with Crippen LogP contribution < -0.4 is 10.2 Å². The number of halogens is 2. The molecule has 0 bridgehead atoms. The van der Waals surface area contributed by atoms with Crippen LogP contribution in [0.1, 0.15) is 5.56 Å². The second-order valence-electron chi connectivity index (χ2n) is 6.25. The van der Waals surface area contributed by atoms with Gasteiger partial charge < -0.3 is 10.2 Å². The standard InChI is InChI=1S/C19H21F2N3O/c1-14-2-3-16(21)12-18(14)22-19(25)13-23-8-10-24(11-9-23)17-6-4-15(20)5-7-17/h2-7,12H,8-11,13H2,1H3,(H,22,25). The van der Waals surface area contributed by atoms with Crippen LogP contribution >= 0.6 is 0 Å². The van der Waals surface area contributed by atoms with Crippen molar-refractivity contribution in [1.29, 1.82) is 0 Å². The fourth-order valence-electron chi connectivity index (χ4n) is 2.94. The quantitative estimate of drug-likeness (QED) is 0.925. The summed E-state index contributed by atoms with van der Waals surface area (Å²) in [5.74, 6) is -0.760. The number of anilines is 2. The first-order valence-corrected chi connectivity index (χ1v) is 8.30. The second-order valence-corrected chi connectivity index (χ2v) is 6.25. The maximum atomic E-state index is 13.3. The molecule has 3 rings (SSSR count). The first-order chi connectivity index (χ1) is 12.0. The minimum atomic E-state index is -0.367. The Morgan fingerprint density at radius 2 is 1.64 bits per heavy atom. The number of piperazine rings is 1. The molecule has 2 aromatic rings. The molecule has 1 N–H and O–H groups in total. The zero-order valence-corrected chi connectivity index (χ0v) is 14.1. The van der Waals surface area contributed by atoms with E-state index in [2.05, 4.69) is 15.1 Å². The molecule has 25 heavy (non-hydrogen) atoms. The highest BCUT2D eigenvalue weighted by molar-refractivity contribution is 5.93. The molecule has 0 spiro atoms. The van der Waals surface area contributed by atoms with Crippen LogP contribution in [0.2, 0.25) is 0 Å². The summed E-state index contributed by atoms with van der Waals surface area (Å²) in [6, 6.07) is 10.8. The average Bonchev–Trinajstić information content (AvgIpc) is 2.59. The Hall–Kier alpha value is -2.47. The summed E-state index contributed by atoms with van der Waals surface area (Å²) in [7, 11) is 0. The fraction of sp³-hybridized carbons (Fsp3) is 0.316. The molecule has 0 unspecified atom stereocenters. The summed E-state index contributed by atoms with van der Waals surface area (Å²) in [6.07, 6.45) is 0. The number of hydrogen-bond acceptors (Lipinski definition) is 3. The summed E-state index contributed by atoms with van der Waals surface area (Å²) in [5, 5.41) is 2.77. The lowest BCUT2D eigenvalue weighted by molar-refractivity contribution is -0.117. The van der Waals surface area contributed by atoms with Crippen LogP contribution in [0.5, 0.6) is 0 Å². The van der Waals surface area contributed by atoms with E-state index in [0.29, 0.717) is 5.69 Å². The molecule has 1 fully saturated rings. The predicted molar refractivity (Wildman–Crippen MR) is 94.8 cm³/mol. The lowest BCUT2D eigenvalue weighted by atomic mass is 10.2. The largest absolute Gasteiger partial charge is 0.369 e. The van der Waals surface area contributed by atoms with E-state index < -0.39 is 0 Å². The number of aryl methyl sites for hydroxylation is 1. The van der Waals surface area contributed by atoms with E-state index in [1.54, 1.807) is 18.2 Å². The number of carbonyl (C=O) groups excluding carboxylic acids is 1. The Labute approximate surface area is 146 Å². The molecule has 0 aliphatic carbocycles. The first kappa shape index (κ1) is 17.4. The molecule has 1 aliphatic heterocycles. The third-order valence-corrected chi connectivity index (χ3v) is 4.40. The summed E-state index contributed by atoms with van der Waals surface area (Å²) < 4.78 is 26.3. The molecule has 1 saturated heterocycles. The molecule has 0 aromatic heterocycles. The van der Waals surface area contributed by atoms with Gasteiger partial charge in [-0.2, -0.15) is 0 Å². The Balaban J connectivity index is 1.51. The van der Waals surface area contributed by atoms with Crippen molar-refractivity contribution in [1.82, 2.24) is 4.90 Å². The van der Waals surface area contributed by atoms with Gasteiger partial charge in [-0.1, -0.05) is 6.07 Å². The highest BCUT2D eigenvalue weighted by atomic mass is 19.1. The molecule has 4 nitrogen and oxygen atoms in total. The maximum absolute atomic E-state index is 13.3. The van der Waals surface area contributed by atoms with Crippen LogP contribution in [0, 0.1) is 18.6 Å². The van der Waals surface area contributed by atoms with Crippen molar-refractivity contribution in [3.8, 4) is 0 Å². The number of hydrogen-bond donors (Lipinski definition) is 1. The van der Waals surface area contributed by atoms with Crippen molar-refractivity contribution >= 4 is 17.3 Å². The lowest BCUT2D eigenvalue weighted by Crippen LogP contribution is -2.48. The topological polar surface area (TPSA) is 35.6 Å². The molecule has 0 saturated carbocycles. The molecular weight excluding hydrogens is 324 g/mol. The number of nitrogens with zero attached hydrogens (tertiary/aromatic N) is 2.